The predicted octanol–water partition coefficient (Wildman–Crippen LogP) is 1.58. The Labute approximate surface area is 142 Å². The van der Waals surface area contributed by atoms with Crippen LogP contribution in [0.15, 0.2) is 34.9 Å². The van der Waals surface area contributed by atoms with E-state index in [1.807, 2.05) is 0 Å². The molecule has 1 aliphatic heterocycles. The van der Waals surface area contributed by atoms with Gasteiger partial charge in [-0.15, -0.1) is 0 Å². The standard InChI is InChI=1S/C15H16ClN7O/c16-8-6-20-23-13(8)14-12-9(2-1-3-10(12)24)21-15(22-14)19-7-11-17-4-5-18-11/h4-6,14H,1-3,7H2,(H,17,18)(H,20,23)(H2,19,21,22). The number of halogens is 1. The number of carbonyl (C=O) groups is 1. The third-order valence-corrected chi connectivity index (χ3v) is 4.45. The van der Waals surface area contributed by atoms with Crippen LogP contribution >= 0.6 is 11.6 Å². The number of nitrogens with one attached hydrogen (secondary N) is 4. The second kappa shape index (κ2) is 6.12. The van der Waals surface area contributed by atoms with Crippen molar-refractivity contribution in [2.75, 3.05) is 0 Å². The summed E-state index contributed by atoms with van der Waals surface area (Å²) in [5.74, 6) is 1.48. The lowest BCUT2D eigenvalue weighted by atomic mass is 9.87. The van der Waals surface area contributed by atoms with Crippen molar-refractivity contribution in [1.82, 2.24) is 30.8 Å². The molecular weight excluding hydrogens is 330 g/mol. The number of hydrogen-bond donors (Lipinski definition) is 4. The summed E-state index contributed by atoms with van der Waals surface area (Å²) in [6.07, 6.45) is 7.16. The summed E-state index contributed by atoms with van der Waals surface area (Å²) in [4.78, 5) is 24.1. The number of guanidine groups is 1. The minimum atomic E-state index is -0.376. The average Bonchev–Trinajstić information content (AvgIpc) is 3.24. The first-order valence-electron chi connectivity index (χ1n) is 7.73. The number of hydrogen-bond acceptors (Lipinski definition) is 4. The van der Waals surface area contributed by atoms with E-state index in [1.165, 1.54) is 6.20 Å². The van der Waals surface area contributed by atoms with Gasteiger partial charge >= 0.3 is 0 Å². The fraction of sp³-hybridized carbons (Fsp3) is 0.333. The number of aromatic nitrogens is 4. The normalized spacial score (nSPS) is 22.3. The van der Waals surface area contributed by atoms with E-state index >= 15 is 0 Å². The van der Waals surface area contributed by atoms with Crippen molar-refractivity contribution in [2.45, 2.75) is 31.8 Å². The Bertz CT molecular complexity index is 821. The van der Waals surface area contributed by atoms with Gasteiger partial charge in [-0.05, 0) is 12.8 Å². The van der Waals surface area contributed by atoms with E-state index in [4.69, 9.17) is 11.6 Å². The van der Waals surface area contributed by atoms with Gasteiger partial charge in [0.2, 0.25) is 0 Å². The zero-order valence-electron chi connectivity index (χ0n) is 12.8. The van der Waals surface area contributed by atoms with Gasteiger partial charge in [-0.1, -0.05) is 11.6 Å². The highest BCUT2D eigenvalue weighted by atomic mass is 35.5. The monoisotopic (exact) mass is 345 g/mol. The Morgan fingerprint density at radius 2 is 2.29 bits per heavy atom. The van der Waals surface area contributed by atoms with E-state index in [0.717, 1.165) is 24.4 Å². The van der Waals surface area contributed by atoms with Crippen LogP contribution in [0.4, 0.5) is 0 Å². The molecule has 8 nitrogen and oxygen atoms in total. The molecule has 0 radical (unpaired) electrons. The number of H-pyrrole nitrogens is 2. The highest BCUT2D eigenvalue weighted by molar-refractivity contribution is 6.31. The Hall–Kier alpha value is -2.61. The molecule has 0 saturated carbocycles. The molecule has 4 N–H and O–H groups in total. The fourth-order valence-corrected chi connectivity index (χ4v) is 3.24. The Morgan fingerprint density at radius 3 is 3.04 bits per heavy atom. The SMILES string of the molecule is O=C1CCCC2=C1C(c1[nH]ncc1Cl)NC(=NCc1ncc[nH]1)N2. The molecule has 0 aromatic carbocycles. The van der Waals surface area contributed by atoms with Gasteiger partial charge in [-0.3, -0.25) is 9.89 Å². The van der Waals surface area contributed by atoms with Crippen LogP contribution in [0.1, 0.15) is 36.8 Å². The van der Waals surface area contributed by atoms with E-state index in [1.54, 1.807) is 12.4 Å². The second-order valence-electron chi connectivity index (χ2n) is 5.70. The third kappa shape index (κ3) is 2.69. The van der Waals surface area contributed by atoms with Crippen LogP contribution in [0.3, 0.4) is 0 Å². The lowest BCUT2D eigenvalue weighted by Crippen LogP contribution is -2.48. The number of nitrogens with zero attached hydrogens (tertiary/aromatic N) is 3. The van der Waals surface area contributed by atoms with Crippen LogP contribution in [0.5, 0.6) is 0 Å². The number of aromatic amines is 2. The molecule has 0 fully saturated rings. The first-order valence-corrected chi connectivity index (χ1v) is 8.11. The number of Topliss-reactive ketones (excluding diaryl/α,β-unsaturated/α-hetero) is 1. The summed E-state index contributed by atoms with van der Waals surface area (Å²) >= 11 is 6.22. The van der Waals surface area contributed by atoms with Gasteiger partial charge in [0, 0.05) is 30.1 Å². The number of aliphatic imine (C=N–C) groups is 1. The highest BCUT2D eigenvalue weighted by Gasteiger charge is 2.35. The lowest BCUT2D eigenvalue weighted by Gasteiger charge is -2.33. The van der Waals surface area contributed by atoms with Gasteiger partial charge < -0.3 is 15.6 Å². The Balaban J connectivity index is 1.69. The molecule has 4 rings (SSSR count). The molecule has 9 heteroatoms. The summed E-state index contributed by atoms with van der Waals surface area (Å²) in [6.45, 7) is 0.405. The maximum Gasteiger partial charge on any atom is 0.196 e. The number of imidazole rings is 1. The molecule has 24 heavy (non-hydrogen) atoms. The van der Waals surface area contributed by atoms with Gasteiger partial charge in [0.05, 0.1) is 16.9 Å². The van der Waals surface area contributed by atoms with E-state index in [9.17, 15) is 4.79 Å². The zero-order valence-corrected chi connectivity index (χ0v) is 13.5. The van der Waals surface area contributed by atoms with Crippen molar-refractivity contribution < 1.29 is 4.79 Å². The largest absolute Gasteiger partial charge is 0.347 e. The zero-order chi connectivity index (χ0) is 16.5. The van der Waals surface area contributed by atoms with Crippen molar-refractivity contribution in [2.24, 2.45) is 4.99 Å². The smallest absolute Gasteiger partial charge is 0.196 e. The summed E-state index contributed by atoms with van der Waals surface area (Å²) < 4.78 is 0. The van der Waals surface area contributed by atoms with Gasteiger partial charge in [0.25, 0.3) is 0 Å². The fourth-order valence-electron chi connectivity index (χ4n) is 3.04. The summed E-state index contributed by atoms with van der Waals surface area (Å²) in [6, 6.07) is -0.376. The van der Waals surface area contributed by atoms with Crippen molar-refractivity contribution in [1.29, 1.82) is 0 Å². The van der Waals surface area contributed by atoms with Crippen LogP contribution in [0, 0.1) is 0 Å². The second-order valence-corrected chi connectivity index (χ2v) is 6.11. The number of allylic oxidation sites excluding steroid dienone is 1. The quantitative estimate of drug-likeness (QED) is 0.675. The maximum absolute atomic E-state index is 12.4. The minimum absolute atomic E-state index is 0.122. The number of ketones is 1. The average molecular weight is 346 g/mol. The molecule has 2 aromatic rings. The van der Waals surface area contributed by atoms with Crippen LogP contribution in [-0.4, -0.2) is 31.9 Å². The Kier molecular flexibility index (Phi) is 3.81. The lowest BCUT2D eigenvalue weighted by molar-refractivity contribution is -0.116. The first-order chi connectivity index (χ1) is 11.7. The molecule has 0 bridgehead atoms. The van der Waals surface area contributed by atoms with Crippen LogP contribution in [-0.2, 0) is 11.3 Å². The van der Waals surface area contributed by atoms with Crippen molar-refractivity contribution >= 4 is 23.3 Å². The van der Waals surface area contributed by atoms with Crippen molar-refractivity contribution in [3.8, 4) is 0 Å². The number of carbonyl (C=O) groups excluding carboxylic acids is 1. The van der Waals surface area contributed by atoms with Crippen LogP contribution < -0.4 is 10.6 Å². The topological polar surface area (TPSA) is 111 Å². The van der Waals surface area contributed by atoms with Crippen molar-refractivity contribution in [3.05, 3.63) is 46.4 Å². The molecule has 0 saturated heterocycles. The Morgan fingerprint density at radius 1 is 1.38 bits per heavy atom. The van der Waals surface area contributed by atoms with Crippen LogP contribution in [0.2, 0.25) is 5.02 Å². The maximum atomic E-state index is 12.4. The molecule has 1 unspecified atom stereocenters. The first kappa shape index (κ1) is 14.9. The molecule has 1 atom stereocenters. The molecule has 1 aliphatic carbocycles. The van der Waals surface area contributed by atoms with Crippen molar-refractivity contribution in [3.63, 3.8) is 0 Å². The van der Waals surface area contributed by atoms with Crippen LogP contribution in [0.25, 0.3) is 0 Å². The molecule has 2 aromatic heterocycles. The summed E-state index contributed by atoms with van der Waals surface area (Å²) in [5, 5.41) is 13.8. The van der Waals surface area contributed by atoms with Gasteiger partial charge in [-0.2, -0.15) is 5.10 Å². The minimum Gasteiger partial charge on any atom is -0.347 e. The third-order valence-electron chi connectivity index (χ3n) is 4.15. The van der Waals surface area contributed by atoms with Gasteiger partial charge in [0.1, 0.15) is 18.4 Å². The van der Waals surface area contributed by atoms with Gasteiger partial charge in [0.15, 0.2) is 11.7 Å². The predicted molar refractivity (Wildman–Crippen MR) is 88.2 cm³/mol. The van der Waals surface area contributed by atoms with E-state index in [2.05, 4.69) is 35.8 Å². The molecule has 124 valence electrons. The van der Waals surface area contributed by atoms with Gasteiger partial charge in [-0.25, -0.2) is 9.98 Å². The molecule has 2 aliphatic rings. The number of rotatable bonds is 3. The van der Waals surface area contributed by atoms with E-state index in [0.29, 0.717) is 35.2 Å². The molecule has 0 amide bonds. The molecule has 0 spiro atoms. The highest BCUT2D eigenvalue weighted by Crippen LogP contribution is 2.34. The summed E-state index contributed by atoms with van der Waals surface area (Å²) in [7, 11) is 0. The summed E-state index contributed by atoms with van der Waals surface area (Å²) in [5.41, 5.74) is 2.29. The molecule has 3 heterocycles. The van der Waals surface area contributed by atoms with E-state index in [-0.39, 0.29) is 11.8 Å². The van der Waals surface area contributed by atoms with E-state index < -0.39 is 0 Å². The molecular formula is C15H16ClN7O.